The third kappa shape index (κ3) is 5.23. The van der Waals surface area contributed by atoms with Gasteiger partial charge in [-0.3, -0.25) is 0 Å². The van der Waals surface area contributed by atoms with E-state index in [0.29, 0.717) is 10.8 Å². The fraction of sp³-hybridized carbons (Fsp3) is 0.200. The van der Waals surface area contributed by atoms with Crippen molar-refractivity contribution in [1.29, 1.82) is 0 Å². The second-order valence-corrected chi connectivity index (χ2v) is 6.81. The maximum atomic E-state index is 14.6. The first-order chi connectivity index (χ1) is 14.4. The molecule has 0 aromatic heterocycles. The van der Waals surface area contributed by atoms with E-state index in [4.69, 9.17) is 9.47 Å². The van der Waals surface area contributed by atoms with Crippen molar-refractivity contribution >= 4 is 10.8 Å². The van der Waals surface area contributed by atoms with Crippen LogP contribution in [-0.4, -0.2) is 6.61 Å². The molecule has 0 fully saturated rings. The van der Waals surface area contributed by atoms with Gasteiger partial charge in [-0.2, -0.15) is 8.78 Å². The lowest BCUT2D eigenvalue weighted by molar-refractivity contribution is -0.185. The summed E-state index contributed by atoms with van der Waals surface area (Å²) < 4.78 is 53.8. The number of allylic oxidation sites excluding steroid dienone is 2. The number of fused-ring (bicyclic) bond motifs is 1. The van der Waals surface area contributed by atoms with E-state index in [9.17, 15) is 13.2 Å². The Kier molecular flexibility index (Phi) is 6.83. The van der Waals surface area contributed by atoms with E-state index in [2.05, 4.69) is 6.58 Å². The summed E-state index contributed by atoms with van der Waals surface area (Å²) in [5.41, 5.74) is 0.701. The highest BCUT2D eigenvalue weighted by atomic mass is 19.3. The number of ether oxygens (including phenoxy) is 2. The molecule has 0 heterocycles. The second-order valence-electron chi connectivity index (χ2n) is 6.81. The summed E-state index contributed by atoms with van der Waals surface area (Å²) >= 11 is 0. The fourth-order valence-corrected chi connectivity index (χ4v) is 2.98. The average Bonchev–Trinajstić information content (AvgIpc) is 2.73. The number of alkyl halides is 2. The van der Waals surface area contributed by atoms with Crippen molar-refractivity contribution in [2.24, 2.45) is 0 Å². The predicted octanol–water partition coefficient (Wildman–Crippen LogP) is 7.18. The van der Waals surface area contributed by atoms with Crippen LogP contribution in [0.15, 0.2) is 79.4 Å². The van der Waals surface area contributed by atoms with E-state index in [0.717, 1.165) is 18.4 Å². The Balaban J connectivity index is 1.78. The first-order valence-corrected chi connectivity index (χ1v) is 9.67. The van der Waals surface area contributed by atoms with Crippen LogP contribution in [0.25, 0.3) is 10.8 Å². The molecule has 0 amide bonds. The summed E-state index contributed by atoms with van der Waals surface area (Å²) in [5, 5.41) is 1.10. The van der Waals surface area contributed by atoms with Crippen LogP contribution >= 0.6 is 0 Å². The van der Waals surface area contributed by atoms with E-state index >= 15 is 0 Å². The quantitative estimate of drug-likeness (QED) is 0.347. The van der Waals surface area contributed by atoms with Gasteiger partial charge in [0.05, 0.1) is 5.56 Å². The molecule has 3 aromatic carbocycles. The Labute approximate surface area is 174 Å². The number of hydrogen-bond acceptors (Lipinski definition) is 2. The number of aryl methyl sites for hydroxylation is 1. The molecule has 0 aliphatic carbocycles. The molecule has 0 bridgehead atoms. The molecular formula is C25H23F3O2. The van der Waals surface area contributed by atoms with Crippen molar-refractivity contribution in [3.63, 3.8) is 0 Å². The normalized spacial score (nSPS) is 11.7. The van der Waals surface area contributed by atoms with Crippen LogP contribution < -0.4 is 9.47 Å². The largest absolute Gasteiger partial charge is 0.486 e. The molecule has 30 heavy (non-hydrogen) atoms. The summed E-state index contributed by atoms with van der Waals surface area (Å²) in [5.74, 6) is -0.507. The van der Waals surface area contributed by atoms with Crippen molar-refractivity contribution in [3.8, 4) is 11.5 Å². The molecule has 0 aliphatic heterocycles. The molecule has 3 rings (SSSR count). The molecule has 0 N–H and O–H groups in total. The Hall–Kier alpha value is -3.21. The molecular weight excluding hydrogens is 389 g/mol. The third-order valence-electron chi connectivity index (χ3n) is 4.61. The van der Waals surface area contributed by atoms with Gasteiger partial charge in [-0.25, -0.2) is 4.39 Å². The van der Waals surface area contributed by atoms with Gasteiger partial charge in [-0.15, -0.1) is 6.58 Å². The zero-order valence-electron chi connectivity index (χ0n) is 16.7. The Morgan fingerprint density at radius 1 is 1.00 bits per heavy atom. The zero-order chi connectivity index (χ0) is 21.6. The molecule has 0 saturated heterocycles. The lowest BCUT2D eigenvalue weighted by Crippen LogP contribution is -2.21. The van der Waals surface area contributed by atoms with E-state index in [1.165, 1.54) is 36.4 Å². The molecule has 0 unspecified atom stereocenters. The first-order valence-electron chi connectivity index (χ1n) is 9.67. The van der Waals surface area contributed by atoms with Crippen LogP contribution in [0.3, 0.4) is 0 Å². The van der Waals surface area contributed by atoms with Crippen molar-refractivity contribution in [2.75, 3.05) is 6.61 Å². The van der Waals surface area contributed by atoms with Gasteiger partial charge >= 0.3 is 6.11 Å². The van der Waals surface area contributed by atoms with Crippen molar-refractivity contribution < 1.29 is 22.6 Å². The third-order valence-corrected chi connectivity index (χ3v) is 4.61. The summed E-state index contributed by atoms with van der Waals surface area (Å²) in [6, 6.07) is 13.2. The van der Waals surface area contributed by atoms with Crippen molar-refractivity contribution in [2.45, 2.75) is 25.9 Å². The SMILES string of the molecule is C=CCCc1ccc(C(F)(F)Oc2ccc3cc(OC/C=C/C)c(F)cc3c2)cc1. The van der Waals surface area contributed by atoms with Gasteiger partial charge in [0.1, 0.15) is 12.4 Å². The smallest absolute Gasteiger partial charge is 0.426 e. The number of hydrogen-bond donors (Lipinski definition) is 0. The van der Waals surface area contributed by atoms with Gasteiger partial charge in [0.15, 0.2) is 11.6 Å². The molecule has 0 radical (unpaired) electrons. The van der Waals surface area contributed by atoms with Crippen LogP contribution in [0.1, 0.15) is 24.5 Å². The van der Waals surface area contributed by atoms with Gasteiger partial charge in [-0.05, 0) is 72.5 Å². The maximum Gasteiger partial charge on any atom is 0.426 e. The minimum Gasteiger partial charge on any atom is -0.486 e. The van der Waals surface area contributed by atoms with Crippen LogP contribution in [-0.2, 0) is 12.5 Å². The number of benzene rings is 3. The highest BCUT2D eigenvalue weighted by molar-refractivity contribution is 5.85. The lowest BCUT2D eigenvalue weighted by atomic mass is 10.1. The molecule has 3 aromatic rings. The van der Waals surface area contributed by atoms with E-state index < -0.39 is 11.9 Å². The second kappa shape index (κ2) is 9.53. The van der Waals surface area contributed by atoms with Crippen LogP contribution in [0.4, 0.5) is 13.2 Å². The average molecular weight is 412 g/mol. The van der Waals surface area contributed by atoms with Gasteiger partial charge in [0, 0.05) is 0 Å². The van der Waals surface area contributed by atoms with Gasteiger partial charge < -0.3 is 9.47 Å². The molecule has 0 aliphatic rings. The highest BCUT2D eigenvalue weighted by Crippen LogP contribution is 2.34. The molecule has 0 atom stereocenters. The Morgan fingerprint density at radius 2 is 1.77 bits per heavy atom. The predicted molar refractivity (Wildman–Crippen MR) is 114 cm³/mol. The molecule has 0 saturated carbocycles. The maximum absolute atomic E-state index is 14.6. The van der Waals surface area contributed by atoms with E-state index in [1.54, 1.807) is 36.4 Å². The zero-order valence-corrected chi connectivity index (χ0v) is 16.7. The van der Waals surface area contributed by atoms with Crippen LogP contribution in [0, 0.1) is 5.82 Å². The topological polar surface area (TPSA) is 18.5 Å². The van der Waals surface area contributed by atoms with Crippen LogP contribution in [0.5, 0.6) is 11.5 Å². The summed E-state index contributed by atoms with van der Waals surface area (Å²) in [4.78, 5) is 0. The van der Waals surface area contributed by atoms with E-state index in [1.807, 2.05) is 6.92 Å². The summed E-state index contributed by atoms with van der Waals surface area (Å²) in [6.45, 7) is 5.75. The first kappa shape index (κ1) is 21.5. The van der Waals surface area contributed by atoms with Crippen molar-refractivity contribution in [3.05, 3.63) is 96.3 Å². The van der Waals surface area contributed by atoms with Crippen molar-refractivity contribution in [1.82, 2.24) is 0 Å². The molecule has 156 valence electrons. The molecule has 5 heteroatoms. The van der Waals surface area contributed by atoms with Gasteiger partial charge in [0.2, 0.25) is 0 Å². The molecule has 0 spiro atoms. The summed E-state index contributed by atoms with van der Waals surface area (Å²) in [7, 11) is 0. The fourth-order valence-electron chi connectivity index (χ4n) is 2.98. The summed E-state index contributed by atoms with van der Waals surface area (Å²) in [6.07, 6.45) is 3.35. The minimum atomic E-state index is -3.52. The standard InChI is InChI=1S/C25H23F3O2/c1-3-5-7-18-8-11-21(12-9-18)25(27,28)30-22-13-10-19-17-24(29-14-6-4-2)23(26)16-20(19)15-22/h3-4,6,8-13,15-17H,1,5,7,14H2,2H3/b6-4+. The number of halogens is 3. The highest BCUT2D eigenvalue weighted by Gasteiger charge is 2.34. The minimum absolute atomic E-state index is 0.0507. The van der Waals surface area contributed by atoms with Gasteiger partial charge in [0.25, 0.3) is 0 Å². The molecule has 2 nitrogen and oxygen atoms in total. The Bertz CT molecular complexity index is 1040. The van der Waals surface area contributed by atoms with Crippen LogP contribution in [0.2, 0.25) is 0 Å². The Morgan fingerprint density at radius 3 is 2.47 bits per heavy atom. The number of rotatable bonds is 9. The van der Waals surface area contributed by atoms with Gasteiger partial charge in [-0.1, -0.05) is 36.4 Å². The monoisotopic (exact) mass is 412 g/mol. The van der Waals surface area contributed by atoms with E-state index in [-0.39, 0.29) is 23.7 Å². The lowest BCUT2D eigenvalue weighted by Gasteiger charge is -2.19.